The van der Waals surface area contributed by atoms with E-state index in [2.05, 4.69) is 17.1 Å². The molecule has 5 heteroatoms. The molecule has 0 aromatic rings. The minimum Gasteiger partial charge on any atom is -0.369 e. The lowest BCUT2D eigenvalue weighted by atomic mass is 9.48. The predicted molar refractivity (Wildman–Crippen MR) is 99.3 cm³/mol. The Labute approximate surface area is 150 Å². The number of hydrogen-bond donors (Lipinski definition) is 2. The lowest BCUT2D eigenvalue weighted by Gasteiger charge is -2.59. The lowest BCUT2D eigenvalue weighted by molar-refractivity contribution is -0.122. The third-order valence-electron chi connectivity index (χ3n) is 7.53. The summed E-state index contributed by atoms with van der Waals surface area (Å²) in [6, 6.07) is 0.465. The zero-order chi connectivity index (χ0) is 16.9. The van der Waals surface area contributed by atoms with E-state index in [1.54, 1.807) is 0 Å². The standard InChI is InChI=1S/C19H31N3OS/c1-12(19-9-13-6-14(10-19)8-15(7-13)11-19)21-18(24)22-4-2-16(3-5-22)17(20)23/h12-16H,2-11H2,1H3,(H2,20,23)(H,21,24)/t12-,13?,14?,15?,19?/m0/s1. The summed E-state index contributed by atoms with van der Waals surface area (Å²) in [6.45, 7) is 4.07. The number of carbonyl (C=O) groups is 1. The fourth-order valence-corrected chi connectivity index (χ4v) is 6.86. The predicted octanol–water partition coefficient (Wildman–Crippen LogP) is 2.66. The molecular formula is C19H31N3OS. The van der Waals surface area contributed by atoms with Gasteiger partial charge in [-0.1, -0.05) is 0 Å². The van der Waals surface area contributed by atoms with Crippen LogP contribution in [-0.2, 0) is 4.79 Å². The van der Waals surface area contributed by atoms with Crippen molar-refractivity contribution in [2.75, 3.05) is 13.1 Å². The summed E-state index contributed by atoms with van der Waals surface area (Å²) in [5.41, 5.74) is 5.91. The molecule has 0 aromatic heterocycles. The van der Waals surface area contributed by atoms with Gasteiger partial charge in [-0.05, 0) is 93.7 Å². The summed E-state index contributed by atoms with van der Waals surface area (Å²) in [5, 5.41) is 4.58. The zero-order valence-electron chi connectivity index (χ0n) is 14.8. The maximum Gasteiger partial charge on any atom is 0.220 e. The fraction of sp³-hybridized carbons (Fsp3) is 0.895. The van der Waals surface area contributed by atoms with Crippen molar-refractivity contribution in [3.05, 3.63) is 0 Å². The van der Waals surface area contributed by atoms with Crippen molar-refractivity contribution < 1.29 is 4.79 Å². The highest BCUT2D eigenvalue weighted by molar-refractivity contribution is 7.80. The second-order valence-electron chi connectivity index (χ2n) is 9.11. The van der Waals surface area contributed by atoms with Gasteiger partial charge < -0.3 is 16.0 Å². The Morgan fingerprint density at radius 3 is 2.08 bits per heavy atom. The van der Waals surface area contributed by atoms with Gasteiger partial charge in [0.1, 0.15) is 0 Å². The molecule has 1 saturated heterocycles. The number of hydrogen-bond acceptors (Lipinski definition) is 2. The van der Waals surface area contributed by atoms with Gasteiger partial charge in [0, 0.05) is 25.0 Å². The third-order valence-corrected chi connectivity index (χ3v) is 7.90. The highest BCUT2D eigenvalue weighted by Crippen LogP contribution is 2.61. The van der Waals surface area contributed by atoms with Crippen molar-refractivity contribution in [3.63, 3.8) is 0 Å². The van der Waals surface area contributed by atoms with Crippen LogP contribution in [0.15, 0.2) is 0 Å². The summed E-state index contributed by atoms with van der Waals surface area (Å²) in [6.07, 6.45) is 10.3. The highest BCUT2D eigenvalue weighted by atomic mass is 32.1. The number of amides is 1. The van der Waals surface area contributed by atoms with Gasteiger partial charge in [0.25, 0.3) is 0 Å². The molecule has 1 heterocycles. The van der Waals surface area contributed by atoms with Gasteiger partial charge in [0.15, 0.2) is 5.11 Å². The Morgan fingerprint density at radius 1 is 1.12 bits per heavy atom. The maximum absolute atomic E-state index is 11.3. The van der Waals surface area contributed by atoms with Crippen molar-refractivity contribution in [2.24, 2.45) is 34.8 Å². The lowest BCUT2D eigenvalue weighted by Crippen LogP contribution is -2.58. The first-order valence-corrected chi connectivity index (χ1v) is 10.2. The number of piperidine rings is 1. The van der Waals surface area contributed by atoms with Crippen LogP contribution in [0, 0.1) is 29.1 Å². The van der Waals surface area contributed by atoms with Gasteiger partial charge in [-0.3, -0.25) is 4.79 Å². The van der Waals surface area contributed by atoms with Crippen molar-refractivity contribution in [2.45, 2.75) is 64.3 Å². The molecule has 134 valence electrons. The summed E-state index contributed by atoms with van der Waals surface area (Å²) >= 11 is 5.71. The maximum atomic E-state index is 11.3. The molecule has 0 aromatic carbocycles. The molecule has 0 radical (unpaired) electrons. The molecule has 5 aliphatic rings. The van der Waals surface area contributed by atoms with E-state index in [9.17, 15) is 4.79 Å². The molecule has 4 aliphatic carbocycles. The van der Waals surface area contributed by atoms with E-state index in [-0.39, 0.29) is 11.8 Å². The molecule has 4 nitrogen and oxygen atoms in total. The van der Waals surface area contributed by atoms with E-state index in [0.717, 1.165) is 48.8 Å². The van der Waals surface area contributed by atoms with Gasteiger partial charge in [0.05, 0.1) is 0 Å². The molecule has 1 aliphatic heterocycles. The summed E-state index contributed by atoms with van der Waals surface area (Å²) in [7, 11) is 0. The molecule has 0 unspecified atom stereocenters. The summed E-state index contributed by atoms with van der Waals surface area (Å²) in [4.78, 5) is 13.6. The average molecular weight is 350 g/mol. The molecule has 4 bridgehead atoms. The molecule has 4 saturated carbocycles. The van der Waals surface area contributed by atoms with Crippen LogP contribution in [0.1, 0.15) is 58.3 Å². The first kappa shape index (κ1) is 16.6. The zero-order valence-corrected chi connectivity index (χ0v) is 15.6. The van der Waals surface area contributed by atoms with Crippen molar-refractivity contribution in [3.8, 4) is 0 Å². The molecule has 5 fully saturated rings. The van der Waals surface area contributed by atoms with E-state index in [1.807, 2.05) is 0 Å². The number of primary amides is 1. The van der Waals surface area contributed by atoms with Crippen molar-refractivity contribution in [1.82, 2.24) is 10.2 Å². The molecule has 1 atom stereocenters. The first-order chi connectivity index (χ1) is 11.4. The van der Waals surface area contributed by atoms with E-state index >= 15 is 0 Å². The molecule has 24 heavy (non-hydrogen) atoms. The topological polar surface area (TPSA) is 58.4 Å². The van der Waals surface area contributed by atoms with Crippen LogP contribution in [0.25, 0.3) is 0 Å². The van der Waals surface area contributed by atoms with Crippen LogP contribution in [0.5, 0.6) is 0 Å². The van der Waals surface area contributed by atoms with Crippen LogP contribution in [-0.4, -0.2) is 35.1 Å². The Kier molecular flexibility index (Phi) is 4.26. The van der Waals surface area contributed by atoms with Gasteiger partial charge >= 0.3 is 0 Å². The first-order valence-electron chi connectivity index (χ1n) is 9.80. The number of carbonyl (C=O) groups excluding carboxylic acids is 1. The van der Waals surface area contributed by atoms with E-state index < -0.39 is 0 Å². The second kappa shape index (κ2) is 6.15. The average Bonchev–Trinajstić information content (AvgIpc) is 2.53. The minimum atomic E-state index is -0.157. The highest BCUT2D eigenvalue weighted by Gasteiger charge is 2.53. The van der Waals surface area contributed by atoms with Crippen LogP contribution in [0.4, 0.5) is 0 Å². The minimum absolute atomic E-state index is 0.0321. The monoisotopic (exact) mass is 349 g/mol. The van der Waals surface area contributed by atoms with E-state index in [1.165, 1.54) is 38.5 Å². The SMILES string of the molecule is C[C@H](NC(=S)N1CCC(C(N)=O)CC1)C12CC3CC(CC(C3)C1)C2. The smallest absolute Gasteiger partial charge is 0.220 e. The van der Waals surface area contributed by atoms with E-state index in [0.29, 0.717) is 11.5 Å². The van der Waals surface area contributed by atoms with Gasteiger partial charge in [-0.2, -0.15) is 0 Å². The van der Waals surface area contributed by atoms with Gasteiger partial charge in [-0.25, -0.2) is 0 Å². The van der Waals surface area contributed by atoms with E-state index in [4.69, 9.17) is 18.0 Å². The summed E-state index contributed by atoms with van der Waals surface area (Å²) in [5.74, 6) is 2.79. The Bertz CT molecular complexity index is 491. The number of rotatable bonds is 3. The molecule has 1 amide bonds. The normalized spacial score (nSPS) is 39.7. The number of thiocarbonyl (C=S) groups is 1. The molecular weight excluding hydrogens is 318 g/mol. The second-order valence-corrected chi connectivity index (χ2v) is 9.50. The number of nitrogens with two attached hydrogens (primary N) is 1. The van der Waals surface area contributed by atoms with Gasteiger partial charge in [0.2, 0.25) is 5.91 Å². The third kappa shape index (κ3) is 2.93. The van der Waals surface area contributed by atoms with Crippen molar-refractivity contribution >= 4 is 23.2 Å². The van der Waals surface area contributed by atoms with Gasteiger partial charge in [-0.15, -0.1) is 0 Å². The van der Waals surface area contributed by atoms with Crippen LogP contribution in [0.2, 0.25) is 0 Å². The van der Waals surface area contributed by atoms with Crippen LogP contribution in [0.3, 0.4) is 0 Å². The molecule has 0 spiro atoms. The molecule has 5 rings (SSSR count). The van der Waals surface area contributed by atoms with Crippen LogP contribution < -0.4 is 11.1 Å². The Balaban J connectivity index is 1.35. The molecule has 3 N–H and O–H groups in total. The number of likely N-dealkylation sites (tertiary alicyclic amines) is 1. The summed E-state index contributed by atoms with van der Waals surface area (Å²) < 4.78 is 0. The van der Waals surface area contributed by atoms with Crippen LogP contribution >= 0.6 is 12.2 Å². The van der Waals surface area contributed by atoms with Crippen molar-refractivity contribution in [1.29, 1.82) is 0 Å². The number of nitrogens with zero attached hydrogens (tertiary/aromatic N) is 1. The fourth-order valence-electron chi connectivity index (χ4n) is 6.50. The largest absolute Gasteiger partial charge is 0.369 e. The number of nitrogens with one attached hydrogen (secondary N) is 1. The Hall–Kier alpha value is -0.840. The quantitative estimate of drug-likeness (QED) is 0.769. The Morgan fingerprint density at radius 2 is 1.62 bits per heavy atom.